The minimum atomic E-state index is 0.127. The third kappa shape index (κ3) is 4.48. The first-order chi connectivity index (χ1) is 8.94. The predicted octanol–water partition coefficient (Wildman–Crippen LogP) is 3.58. The zero-order valence-electron chi connectivity index (χ0n) is 11.7. The van der Waals surface area contributed by atoms with Crippen LogP contribution in [0.2, 0.25) is 0 Å². The maximum absolute atomic E-state index is 4.31. The second-order valence-electron chi connectivity index (χ2n) is 5.73. The van der Waals surface area contributed by atoms with Gasteiger partial charge in [-0.05, 0) is 47.8 Å². The summed E-state index contributed by atoms with van der Waals surface area (Å²) in [6.07, 6.45) is 3.81. The van der Waals surface area contributed by atoms with E-state index in [0.29, 0.717) is 0 Å². The molecule has 0 atom stereocenters. The summed E-state index contributed by atoms with van der Waals surface area (Å²) in [5.74, 6) is 0. The second kappa shape index (κ2) is 5.88. The summed E-state index contributed by atoms with van der Waals surface area (Å²) in [7, 11) is 0. The van der Waals surface area contributed by atoms with Crippen LogP contribution in [0.15, 0.2) is 41.1 Å². The lowest BCUT2D eigenvalue weighted by Gasteiger charge is -2.21. The molecule has 1 N–H and O–H groups in total. The van der Waals surface area contributed by atoms with Crippen LogP contribution in [0.1, 0.15) is 31.9 Å². The fourth-order valence-electron chi connectivity index (χ4n) is 1.84. The Labute approximate surface area is 123 Å². The van der Waals surface area contributed by atoms with E-state index in [2.05, 4.69) is 71.4 Å². The number of nitrogens with one attached hydrogen (secondary N) is 1. The topological polar surface area (TPSA) is 29.9 Å². The molecule has 0 amide bonds. The van der Waals surface area contributed by atoms with Crippen LogP contribution in [-0.4, -0.2) is 15.3 Å². The summed E-state index contributed by atoms with van der Waals surface area (Å²) in [5.41, 5.74) is 2.75. The molecule has 1 aromatic carbocycles. The molecule has 1 heterocycles. The molecule has 0 aliphatic carbocycles. The number of halogens is 1. The van der Waals surface area contributed by atoms with Gasteiger partial charge in [0.1, 0.15) is 0 Å². The molecule has 0 fully saturated rings. The fraction of sp³-hybridized carbons (Fsp3) is 0.400. The van der Waals surface area contributed by atoms with Gasteiger partial charge in [-0.3, -0.25) is 4.68 Å². The van der Waals surface area contributed by atoms with Crippen LogP contribution in [-0.2, 0) is 13.1 Å². The molecule has 0 bridgehead atoms. The van der Waals surface area contributed by atoms with Crippen molar-refractivity contribution < 1.29 is 0 Å². The smallest absolute Gasteiger partial charge is 0.0662 e. The average molecular weight is 322 g/mol. The highest BCUT2D eigenvalue weighted by atomic mass is 79.9. The van der Waals surface area contributed by atoms with E-state index >= 15 is 0 Å². The van der Waals surface area contributed by atoms with Gasteiger partial charge in [0.2, 0.25) is 0 Å². The van der Waals surface area contributed by atoms with Crippen LogP contribution in [0, 0.1) is 0 Å². The van der Waals surface area contributed by atoms with E-state index in [1.807, 2.05) is 17.1 Å². The van der Waals surface area contributed by atoms with Crippen LogP contribution in [0.25, 0.3) is 0 Å². The minimum absolute atomic E-state index is 0.127. The van der Waals surface area contributed by atoms with Crippen LogP contribution in [0.3, 0.4) is 0 Å². The van der Waals surface area contributed by atoms with Crippen LogP contribution >= 0.6 is 15.9 Å². The third-order valence-electron chi connectivity index (χ3n) is 2.86. The van der Waals surface area contributed by atoms with Crippen molar-refractivity contribution in [2.75, 3.05) is 0 Å². The Kier molecular flexibility index (Phi) is 4.42. The zero-order valence-corrected chi connectivity index (χ0v) is 13.2. The van der Waals surface area contributed by atoms with Gasteiger partial charge >= 0.3 is 0 Å². The molecule has 2 rings (SSSR count). The van der Waals surface area contributed by atoms with Gasteiger partial charge in [-0.1, -0.05) is 24.3 Å². The Hall–Kier alpha value is -1.13. The monoisotopic (exact) mass is 321 g/mol. The summed E-state index contributed by atoms with van der Waals surface area (Å²) >= 11 is 3.43. The van der Waals surface area contributed by atoms with Gasteiger partial charge in [-0.25, -0.2) is 0 Å². The molecular weight excluding hydrogens is 302 g/mol. The highest BCUT2D eigenvalue weighted by Gasteiger charge is 2.10. The summed E-state index contributed by atoms with van der Waals surface area (Å²) in [5, 5.41) is 7.84. The van der Waals surface area contributed by atoms with Gasteiger partial charge < -0.3 is 5.32 Å². The van der Waals surface area contributed by atoms with Crippen LogP contribution in [0.5, 0.6) is 0 Å². The maximum Gasteiger partial charge on any atom is 0.0662 e. The lowest BCUT2D eigenvalue weighted by Crippen LogP contribution is -2.35. The van der Waals surface area contributed by atoms with E-state index < -0.39 is 0 Å². The highest BCUT2D eigenvalue weighted by Crippen LogP contribution is 2.14. The lowest BCUT2D eigenvalue weighted by atomic mass is 10.0. The van der Waals surface area contributed by atoms with Crippen molar-refractivity contribution in [2.45, 2.75) is 39.4 Å². The highest BCUT2D eigenvalue weighted by molar-refractivity contribution is 9.10. The van der Waals surface area contributed by atoms with Crippen molar-refractivity contribution in [3.05, 3.63) is 52.3 Å². The minimum Gasteiger partial charge on any atom is -0.308 e. The van der Waals surface area contributed by atoms with Gasteiger partial charge in [0.15, 0.2) is 0 Å². The molecule has 0 spiro atoms. The van der Waals surface area contributed by atoms with Crippen molar-refractivity contribution in [1.29, 1.82) is 0 Å². The first-order valence-electron chi connectivity index (χ1n) is 6.44. The molecule has 0 aliphatic heterocycles. The molecule has 2 aromatic rings. The van der Waals surface area contributed by atoms with Gasteiger partial charge in [0.25, 0.3) is 0 Å². The number of benzene rings is 1. The van der Waals surface area contributed by atoms with E-state index in [-0.39, 0.29) is 5.54 Å². The predicted molar refractivity (Wildman–Crippen MR) is 82.1 cm³/mol. The van der Waals surface area contributed by atoms with E-state index in [1.54, 1.807) is 0 Å². The summed E-state index contributed by atoms with van der Waals surface area (Å²) < 4.78 is 2.96. The van der Waals surface area contributed by atoms with Crippen LogP contribution in [0.4, 0.5) is 0 Å². The summed E-state index contributed by atoms with van der Waals surface area (Å²) in [4.78, 5) is 0. The van der Waals surface area contributed by atoms with E-state index in [1.165, 1.54) is 11.1 Å². The third-order valence-corrected chi connectivity index (χ3v) is 3.27. The molecule has 3 nitrogen and oxygen atoms in total. The summed E-state index contributed by atoms with van der Waals surface area (Å²) in [6, 6.07) is 8.50. The first-order valence-corrected chi connectivity index (χ1v) is 7.23. The standard InChI is InChI=1S/C15H20BrN3/c1-15(2,3)17-8-12-6-4-5-7-13(12)10-19-11-14(16)9-18-19/h4-7,9,11,17H,8,10H2,1-3H3. The Balaban J connectivity index is 2.12. The van der Waals surface area contributed by atoms with Crippen molar-refractivity contribution in [3.63, 3.8) is 0 Å². The van der Waals surface area contributed by atoms with E-state index in [9.17, 15) is 0 Å². The largest absolute Gasteiger partial charge is 0.308 e. The van der Waals surface area contributed by atoms with Crippen LogP contribution < -0.4 is 5.32 Å². The molecule has 4 heteroatoms. The van der Waals surface area contributed by atoms with Crippen molar-refractivity contribution in [1.82, 2.24) is 15.1 Å². The molecule has 0 saturated carbocycles. The van der Waals surface area contributed by atoms with Crippen molar-refractivity contribution >= 4 is 15.9 Å². The van der Waals surface area contributed by atoms with Gasteiger partial charge in [-0.2, -0.15) is 5.10 Å². The first kappa shape index (κ1) is 14.3. The second-order valence-corrected chi connectivity index (χ2v) is 6.64. The molecule has 102 valence electrons. The maximum atomic E-state index is 4.31. The number of rotatable bonds is 4. The van der Waals surface area contributed by atoms with Gasteiger partial charge in [0.05, 0.1) is 17.2 Å². The van der Waals surface area contributed by atoms with E-state index in [4.69, 9.17) is 0 Å². The molecule has 0 aliphatic rings. The SMILES string of the molecule is CC(C)(C)NCc1ccccc1Cn1cc(Br)cn1. The fourth-order valence-corrected chi connectivity index (χ4v) is 2.17. The summed E-state index contributed by atoms with van der Waals surface area (Å²) in [6.45, 7) is 8.22. The molecule has 0 radical (unpaired) electrons. The van der Waals surface area contributed by atoms with E-state index in [0.717, 1.165) is 17.6 Å². The van der Waals surface area contributed by atoms with Crippen molar-refractivity contribution in [2.24, 2.45) is 0 Å². The van der Waals surface area contributed by atoms with Gasteiger partial charge in [-0.15, -0.1) is 0 Å². The van der Waals surface area contributed by atoms with Crippen molar-refractivity contribution in [3.8, 4) is 0 Å². The Morgan fingerprint density at radius 3 is 2.47 bits per heavy atom. The zero-order chi connectivity index (χ0) is 13.9. The lowest BCUT2D eigenvalue weighted by molar-refractivity contribution is 0.423. The quantitative estimate of drug-likeness (QED) is 0.932. The molecule has 1 aromatic heterocycles. The number of hydrogen-bond donors (Lipinski definition) is 1. The number of aromatic nitrogens is 2. The number of hydrogen-bond acceptors (Lipinski definition) is 2. The molecule has 0 saturated heterocycles. The molecular formula is C15H20BrN3. The molecule has 0 unspecified atom stereocenters. The Morgan fingerprint density at radius 1 is 1.21 bits per heavy atom. The average Bonchev–Trinajstić information content (AvgIpc) is 2.73. The number of nitrogens with zero attached hydrogens (tertiary/aromatic N) is 2. The van der Waals surface area contributed by atoms with Gasteiger partial charge in [0, 0.05) is 18.3 Å². The molecule has 19 heavy (non-hydrogen) atoms. The Morgan fingerprint density at radius 2 is 1.89 bits per heavy atom. The normalized spacial score (nSPS) is 11.8. The Bertz CT molecular complexity index is 540.